The van der Waals surface area contributed by atoms with Gasteiger partial charge in [-0.3, -0.25) is 4.79 Å². The van der Waals surface area contributed by atoms with Gasteiger partial charge in [-0.25, -0.2) is 4.79 Å². The number of carbonyl (C=O) groups excluding carboxylic acids is 2. The van der Waals surface area contributed by atoms with Crippen LogP contribution >= 0.6 is 0 Å². The summed E-state index contributed by atoms with van der Waals surface area (Å²) in [6, 6.07) is 5.17. The van der Waals surface area contributed by atoms with Gasteiger partial charge in [0.1, 0.15) is 11.6 Å². The van der Waals surface area contributed by atoms with Gasteiger partial charge < -0.3 is 15.4 Å². The van der Waals surface area contributed by atoms with Gasteiger partial charge in [-0.1, -0.05) is 19.9 Å². The van der Waals surface area contributed by atoms with Crippen LogP contribution in [0.5, 0.6) is 0 Å². The fraction of sp³-hybridized carbons (Fsp3) is 0.556. The zero-order valence-electron chi connectivity index (χ0n) is 15.1. The summed E-state index contributed by atoms with van der Waals surface area (Å²) in [7, 11) is 0. The van der Waals surface area contributed by atoms with Gasteiger partial charge in [-0.15, -0.1) is 0 Å². The first-order valence-corrected chi connectivity index (χ1v) is 7.86. The van der Waals surface area contributed by atoms with Crippen LogP contribution in [0.25, 0.3) is 0 Å². The van der Waals surface area contributed by atoms with Crippen LogP contribution in [0.15, 0.2) is 18.2 Å². The predicted octanol–water partition coefficient (Wildman–Crippen LogP) is 3.79. The molecule has 5 heteroatoms. The van der Waals surface area contributed by atoms with E-state index >= 15 is 0 Å². The van der Waals surface area contributed by atoms with Gasteiger partial charge in [0.2, 0.25) is 5.91 Å². The van der Waals surface area contributed by atoms with Gasteiger partial charge in [0, 0.05) is 5.69 Å². The molecule has 0 radical (unpaired) electrons. The molecule has 128 valence electrons. The number of benzene rings is 1. The normalized spacial score (nSPS) is 12.7. The second-order valence-corrected chi connectivity index (χ2v) is 7.23. The Morgan fingerprint density at radius 1 is 1.04 bits per heavy atom. The minimum absolute atomic E-state index is 0.0616. The number of carbonyl (C=O) groups is 2. The lowest BCUT2D eigenvalue weighted by Gasteiger charge is -2.25. The average Bonchev–Trinajstić information content (AvgIpc) is 2.31. The van der Waals surface area contributed by atoms with Crippen LogP contribution in [0.1, 0.15) is 45.7 Å². The van der Waals surface area contributed by atoms with Gasteiger partial charge in [0.15, 0.2) is 0 Å². The van der Waals surface area contributed by atoms with E-state index < -0.39 is 17.7 Å². The Kier molecular flexibility index (Phi) is 6.19. The summed E-state index contributed by atoms with van der Waals surface area (Å²) in [6.45, 7) is 13.1. The third-order valence-corrected chi connectivity index (χ3v) is 3.11. The van der Waals surface area contributed by atoms with Crippen LogP contribution in [0.2, 0.25) is 0 Å². The standard InChI is InChI=1S/C18H28N2O3/c1-11(2)15(20-17(22)23-18(5,6)7)16(21)19-14-9-12(3)8-13(4)10-14/h8-11,15H,1-7H3,(H,19,21)(H,20,22). The summed E-state index contributed by atoms with van der Waals surface area (Å²) in [5, 5.41) is 5.51. The number of alkyl carbamates (subject to hydrolysis) is 1. The molecule has 0 aliphatic heterocycles. The molecule has 1 atom stereocenters. The predicted molar refractivity (Wildman–Crippen MR) is 92.5 cm³/mol. The highest BCUT2D eigenvalue weighted by Gasteiger charge is 2.27. The number of anilines is 1. The van der Waals surface area contributed by atoms with Gasteiger partial charge in [-0.2, -0.15) is 0 Å². The smallest absolute Gasteiger partial charge is 0.408 e. The number of ether oxygens (including phenoxy) is 1. The van der Waals surface area contributed by atoms with Crippen molar-refractivity contribution in [3.05, 3.63) is 29.3 Å². The van der Waals surface area contributed by atoms with Crippen LogP contribution < -0.4 is 10.6 Å². The fourth-order valence-electron chi connectivity index (χ4n) is 2.24. The van der Waals surface area contributed by atoms with E-state index in [1.165, 1.54) is 0 Å². The van der Waals surface area contributed by atoms with Crippen molar-refractivity contribution in [2.24, 2.45) is 5.92 Å². The van der Waals surface area contributed by atoms with E-state index in [-0.39, 0.29) is 11.8 Å². The molecule has 2 amide bonds. The molecule has 5 nitrogen and oxygen atoms in total. The Morgan fingerprint density at radius 3 is 2.00 bits per heavy atom. The van der Waals surface area contributed by atoms with E-state index in [1.54, 1.807) is 20.8 Å². The summed E-state index contributed by atoms with van der Waals surface area (Å²) in [5.41, 5.74) is 2.27. The molecule has 0 heterocycles. The Hall–Kier alpha value is -2.04. The van der Waals surface area contributed by atoms with E-state index in [0.29, 0.717) is 0 Å². The van der Waals surface area contributed by atoms with Gasteiger partial charge in [0.05, 0.1) is 0 Å². The number of rotatable bonds is 4. The van der Waals surface area contributed by atoms with Crippen molar-refractivity contribution in [3.8, 4) is 0 Å². The summed E-state index contributed by atoms with van der Waals surface area (Å²) >= 11 is 0. The number of hydrogen-bond donors (Lipinski definition) is 2. The van der Waals surface area contributed by atoms with Crippen LogP contribution in [-0.4, -0.2) is 23.6 Å². The molecule has 0 aliphatic rings. The largest absolute Gasteiger partial charge is 0.444 e. The van der Waals surface area contributed by atoms with E-state index in [1.807, 2.05) is 45.9 Å². The second-order valence-electron chi connectivity index (χ2n) is 7.23. The van der Waals surface area contributed by atoms with E-state index in [0.717, 1.165) is 16.8 Å². The Morgan fingerprint density at radius 2 is 1.57 bits per heavy atom. The van der Waals surface area contributed by atoms with Crippen molar-refractivity contribution in [1.82, 2.24) is 5.32 Å². The van der Waals surface area contributed by atoms with Crippen LogP contribution in [0.4, 0.5) is 10.5 Å². The molecule has 0 aliphatic carbocycles. The number of aryl methyl sites for hydroxylation is 2. The van der Waals surface area contributed by atoms with Gasteiger partial charge >= 0.3 is 6.09 Å². The van der Waals surface area contributed by atoms with Crippen LogP contribution in [0, 0.1) is 19.8 Å². The molecular weight excluding hydrogens is 292 g/mol. The molecule has 0 fully saturated rings. The Bertz CT molecular complexity index is 554. The molecule has 23 heavy (non-hydrogen) atoms. The second kappa shape index (κ2) is 7.49. The van der Waals surface area contributed by atoms with Crippen molar-refractivity contribution in [1.29, 1.82) is 0 Å². The summed E-state index contributed by atoms with van der Waals surface area (Å²) < 4.78 is 5.23. The maximum absolute atomic E-state index is 12.5. The number of amides is 2. The third-order valence-electron chi connectivity index (χ3n) is 3.11. The highest BCUT2D eigenvalue weighted by Crippen LogP contribution is 2.15. The van der Waals surface area contributed by atoms with Crippen molar-refractivity contribution in [2.75, 3.05) is 5.32 Å². The quantitative estimate of drug-likeness (QED) is 0.887. The molecule has 1 aromatic rings. The molecular formula is C18H28N2O3. The third kappa shape index (κ3) is 6.72. The van der Waals surface area contributed by atoms with Crippen molar-refractivity contribution in [3.63, 3.8) is 0 Å². The van der Waals surface area contributed by atoms with Gasteiger partial charge in [-0.05, 0) is 63.8 Å². The molecule has 2 N–H and O–H groups in total. The molecule has 1 aromatic carbocycles. The summed E-state index contributed by atoms with van der Waals surface area (Å²) in [5.74, 6) is -0.315. The minimum Gasteiger partial charge on any atom is -0.444 e. The number of hydrogen-bond acceptors (Lipinski definition) is 3. The first kappa shape index (κ1) is 19.0. The average molecular weight is 320 g/mol. The molecule has 0 bridgehead atoms. The highest BCUT2D eigenvalue weighted by molar-refractivity contribution is 5.96. The maximum atomic E-state index is 12.5. The molecule has 0 saturated carbocycles. The zero-order valence-corrected chi connectivity index (χ0v) is 15.1. The van der Waals surface area contributed by atoms with E-state index in [4.69, 9.17) is 4.74 Å². The summed E-state index contributed by atoms with van der Waals surface area (Å²) in [6.07, 6.45) is -0.591. The molecule has 0 spiro atoms. The highest BCUT2D eigenvalue weighted by atomic mass is 16.6. The van der Waals surface area contributed by atoms with Crippen LogP contribution in [-0.2, 0) is 9.53 Å². The summed E-state index contributed by atoms with van der Waals surface area (Å²) in [4.78, 5) is 24.4. The molecule has 0 aromatic heterocycles. The Labute approximate surface area is 138 Å². The first-order chi connectivity index (χ1) is 10.5. The van der Waals surface area contributed by atoms with E-state index in [2.05, 4.69) is 10.6 Å². The lowest BCUT2D eigenvalue weighted by molar-refractivity contribution is -0.119. The topological polar surface area (TPSA) is 67.4 Å². The monoisotopic (exact) mass is 320 g/mol. The van der Waals surface area contributed by atoms with Crippen LogP contribution in [0.3, 0.4) is 0 Å². The van der Waals surface area contributed by atoms with E-state index in [9.17, 15) is 9.59 Å². The maximum Gasteiger partial charge on any atom is 0.408 e. The van der Waals surface area contributed by atoms with Crippen molar-refractivity contribution in [2.45, 2.75) is 60.1 Å². The zero-order chi connectivity index (χ0) is 17.8. The van der Waals surface area contributed by atoms with Gasteiger partial charge in [0.25, 0.3) is 0 Å². The Balaban J connectivity index is 2.80. The van der Waals surface area contributed by atoms with Crippen molar-refractivity contribution < 1.29 is 14.3 Å². The van der Waals surface area contributed by atoms with Crippen molar-refractivity contribution >= 4 is 17.7 Å². The molecule has 1 unspecified atom stereocenters. The first-order valence-electron chi connectivity index (χ1n) is 7.86. The minimum atomic E-state index is -0.661. The fourth-order valence-corrected chi connectivity index (χ4v) is 2.24. The molecule has 0 saturated heterocycles. The SMILES string of the molecule is Cc1cc(C)cc(NC(=O)C(NC(=O)OC(C)(C)C)C(C)C)c1. The lowest BCUT2D eigenvalue weighted by Crippen LogP contribution is -2.48. The lowest BCUT2D eigenvalue weighted by atomic mass is 10.0. The number of nitrogens with one attached hydrogen (secondary N) is 2. The molecule has 1 rings (SSSR count).